The predicted octanol–water partition coefficient (Wildman–Crippen LogP) is 0.356. The van der Waals surface area contributed by atoms with E-state index in [2.05, 4.69) is 4.40 Å². The highest BCUT2D eigenvalue weighted by molar-refractivity contribution is 7.94. The standard InChI is InChI=1S/C10H10N2O4S/c11-10-5-7(17(14,15)12-10)6-16-9-4-2-1-3-8(9)13/h1-5,13H,6H2,(H2,11,12). The number of sulfonamides is 1. The number of amidine groups is 1. The van der Waals surface area contributed by atoms with Gasteiger partial charge in [0, 0.05) is 6.08 Å². The monoisotopic (exact) mass is 254 g/mol. The molecule has 1 aliphatic rings. The number of phenolic OH excluding ortho intramolecular Hbond substituents is 1. The van der Waals surface area contributed by atoms with Gasteiger partial charge in [0.2, 0.25) is 0 Å². The van der Waals surface area contributed by atoms with Crippen LogP contribution in [0.2, 0.25) is 0 Å². The van der Waals surface area contributed by atoms with Gasteiger partial charge in [0.05, 0.1) is 0 Å². The van der Waals surface area contributed by atoms with Crippen molar-refractivity contribution in [2.24, 2.45) is 10.1 Å². The van der Waals surface area contributed by atoms with Gasteiger partial charge in [-0.25, -0.2) is 0 Å². The van der Waals surface area contributed by atoms with Gasteiger partial charge in [0.25, 0.3) is 10.0 Å². The fourth-order valence-corrected chi connectivity index (χ4v) is 2.23. The Balaban J connectivity index is 2.11. The molecule has 0 unspecified atom stereocenters. The maximum absolute atomic E-state index is 11.4. The summed E-state index contributed by atoms with van der Waals surface area (Å²) in [6.07, 6.45) is 1.23. The molecule has 3 N–H and O–H groups in total. The first-order valence-electron chi connectivity index (χ1n) is 4.71. The van der Waals surface area contributed by atoms with Crippen LogP contribution in [-0.4, -0.2) is 26.0 Å². The summed E-state index contributed by atoms with van der Waals surface area (Å²) in [5, 5.41) is 9.42. The molecule has 90 valence electrons. The lowest BCUT2D eigenvalue weighted by molar-refractivity contribution is 0.332. The Hall–Kier alpha value is -2.02. The number of phenols is 1. The molecule has 0 bridgehead atoms. The number of aromatic hydroxyl groups is 1. The number of nitrogens with two attached hydrogens (primary N) is 1. The fourth-order valence-electron chi connectivity index (χ4n) is 1.31. The lowest BCUT2D eigenvalue weighted by atomic mass is 10.3. The van der Waals surface area contributed by atoms with Crippen LogP contribution in [0.25, 0.3) is 0 Å². The molecule has 0 aliphatic carbocycles. The van der Waals surface area contributed by atoms with Crippen molar-refractivity contribution in [2.75, 3.05) is 6.61 Å². The first-order chi connectivity index (χ1) is 7.99. The number of hydrogen-bond donors (Lipinski definition) is 2. The van der Waals surface area contributed by atoms with E-state index in [0.29, 0.717) is 0 Å². The second kappa shape index (κ2) is 4.10. The Morgan fingerprint density at radius 1 is 1.35 bits per heavy atom. The minimum atomic E-state index is -3.70. The zero-order valence-electron chi connectivity index (χ0n) is 8.70. The fraction of sp³-hybridized carbons (Fsp3) is 0.100. The molecule has 0 saturated carbocycles. The molecule has 1 aliphatic heterocycles. The second-order valence-corrected chi connectivity index (χ2v) is 5.02. The number of nitrogens with zero attached hydrogens (tertiary/aromatic N) is 1. The van der Waals surface area contributed by atoms with E-state index in [4.69, 9.17) is 10.5 Å². The third-order valence-electron chi connectivity index (χ3n) is 2.10. The molecule has 0 aromatic heterocycles. The van der Waals surface area contributed by atoms with E-state index >= 15 is 0 Å². The van der Waals surface area contributed by atoms with Crippen LogP contribution in [0.5, 0.6) is 11.5 Å². The zero-order valence-corrected chi connectivity index (χ0v) is 9.52. The summed E-state index contributed by atoms with van der Waals surface area (Å²) in [6, 6.07) is 6.27. The van der Waals surface area contributed by atoms with Crippen LogP contribution in [0.1, 0.15) is 0 Å². The average Bonchev–Trinajstić information content (AvgIpc) is 2.50. The van der Waals surface area contributed by atoms with E-state index in [1.807, 2.05) is 0 Å². The van der Waals surface area contributed by atoms with Gasteiger partial charge in [-0.15, -0.1) is 4.40 Å². The van der Waals surface area contributed by atoms with Crippen LogP contribution in [0, 0.1) is 0 Å². The summed E-state index contributed by atoms with van der Waals surface area (Å²) >= 11 is 0. The minimum Gasteiger partial charge on any atom is -0.504 e. The molecule has 0 radical (unpaired) electrons. The van der Waals surface area contributed by atoms with Crippen LogP contribution >= 0.6 is 0 Å². The normalized spacial score (nSPS) is 17.4. The van der Waals surface area contributed by atoms with Crippen molar-refractivity contribution >= 4 is 15.9 Å². The molecule has 1 aromatic rings. The number of hydrogen-bond acceptors (Lipinski definition) is 5. The SMILES string of the molecule is NC1=NS(=O)(=O)C(COc2ccccc2O)=C1. The largest absolute Gasteiger partial charge is 0.504 e. The van der Waals surface area contributed by atoms with E-state index in [-0.39, 0.29) is 28.8 Å². The van der Waals surface area contributed by atoms with Crippen LogP contribution in [0.3, 0.4) is 0 Å². The Labute approximate surface area is 98.1 Å². The molecule has 1 aromatic carbocycles. The molecule has 0 amide bonds. The molecule has 0 fully saturated rings. The van der Waals surface area contributed by atoms with Crippen LogP contribution in [-0.2, 0) is 10.0 Å². The van der Waals surface area contributed by atoms with Gasteiger partial charge in [-0.3, -0.25) is 0 Å². The maximum atomic E-state index is 11.4. The van der Waals surface area contributed by atoms with Crippen molar-refractivity contribution in [1.82, 2.24) is 0 Å². The quantitative estimate of drug-likeness (QED) is 0.810. The van der Waals surface area contributed by atoms with E-state index in [1.165, 1.54) is 18.2 Å². The van der Waals surface area contributed by atoms with Crippen LogP contribution in [0.4, 0.5) is 0 Å². The third-order valence-corrected chi connectivity index (χ3v) is 3.45. The van der Waals surface area contributed by atoms with Gasteiger partial charge >= 0.3 is 0 Å². The van der Waals surface area contributed by atoms with E-state index in [9.17, 15) is 13.5 Å². The maximum Gasteiger partial charge on any atom is 0.283 e. The van der Waals surface area contributed by atoms with Gasteiger partial charge in [-0.1, -0.05) is 12.1 Å². The lowest BCUT2D eigenvalue weighted by Gasteiger charge is -2.07. The van der Waals surface area contributed by atoms with E-state index < -0.39 is 10.0 Å². The molecule has 2 rings (SSSR count). The van der Waals surface area contributed by atoms with Crippen LogP contribution < -0.4 is 10.5 Å². The number of ether oxygens (including phenoxy) is 1. The summed E-state index contributed by atoms with van der Waals surface area (Å²) in [5.74, 6) is 0.0762. The molecule has 0 saturated heterocycles. The molecule has 0 atom stereocenters. The van der Waals surface area contributed by atoms with Gasteiger partial charge in [0.15, 0.2) is 11.5 Å². The summed E-state index contributed by atoms with van der Waals surface area (Å²) in [5.41, 5.74) is 5.29. The Morgan fingerprint density at radius 3 is 2.65 bits per heavy atom. The van der Waals surface area contributed by atoms with Gasteiger partial charge in [0.1, 0.15) is 17.3 Å². The first-order valence-corrected chi connectivity index (χ1v) is 6.15. The zero-order chi connectivity index (χ0) is 12.5. The minimum absolute atomic E-state index is 0.0294. The molecule has 0 spiro atoms. The Bertz CT molecular complexity index is 604. The summed E-state index contributed by atoms with van der Waals surface area (Å²) < 4.78 is 31.2. The van der Waals surface area contributed by atoms with Crippen LogP contribution in [0.15, 0.2) is 39.6 Å². The molecule has 7 heteroatoms. The number of para-hydroxylation sites is 2. The average molecular weight is 254 g/mol. The predicted molar refractivity (Wildman–Crippen MR) is 62.2 cm³/mol. The third kappa shape index (κ3) is 2.39. The molecular formula is C10H10N2O4S. The number of benzene rings is 1. The smallest absolute Gasteiger partial charge is 0.283 e. The van der Waals surface area contributed by atoms with Crippen molar-refractivity contribution in [3.63, 3.8) is 0 Å². The highest BCUT2D eigenvalue weighted by Crippen LogP contribution is 2.26. The first kappa shape index (κ1) is 11.5. The van der Waals surface area contributed by atoms with Crippen molar-refractivity contribution < 1.29 is 18.3 Å². The van der Waals surface area contributed by atoms with E-state index in [0.717, 1.165) is 0 Å². The molecule has 17 heavy (non-hydrogen) atoms. The van der Waals surface area contributed by atoms with Crippen molar-refractivity contribution in [1.29, 1.82) is 0 Å². The highest BCUT2D eigenvalue weighted by atomic mass is 32.2. The number of rotatable bonds is 3. The van der Waals surface area contributed by atoms with Gasteiger partial charge < -0.3 is 15.6 Å². The Kier molecular flexibility index (Phi) is 2.76. The Morgan fingerprint density at radius 2 is 2.06 bits per heavy atom. The molecule has 6 nitrogen and oxygen atoms in total. The van der Waals surface area contributed by atoms with E-state index in [1.54, 1.807) is 12.1 Å². The molecular weight excluding hydrogens is 244 g/mol. The highest BCUT2D eigenvalue weighted by Gasteiger charge is 2.23. The lowest BCUT2D eigenvalue weighted by Crippen LogP contribution is -2.07. The van der Waals surface area contributed by atoms with Crippen molar-refractivity contribution in [3.8, 4) is 11.5 Å². The summed E-state index contributed by atoms with van der Waals surface area (Å²) in [7, 11) is -3.70. The van der Waals surface area contributed by atoms with Crippen molar-refractivity contribution in [3.05, 3.63) is 35.2 Å². The van der Waals surface area contributed by atoms with Gasteiger partial charge in [-0.05, 0) is 12.1 Å². The summed E-state index contributed by atoms with van der Waals surface area (Å²) in [6.45, 7) is -0.218. The second-order valence-electron chi connectivity index (χ2n) is 3.36. The molecule has 1 heterocycles. The summed E-state index contributed by atoms with van der Waals surface area (Å²) in [4.78, 5) is -0.0294. The topological polar surface area (TPSA) is 102 Å². The van der Waals surface area contributed by atoms with Crippen molar-refractivity contribution in [2.45, 2.75) is 0 Å². The van der Waals surface area contributed by atoms with Gasteiger partial charge in [-0.2, -0.15) is 8.42 Å².